The lowest BCUT2D eigenvalue weighted by atomic mass is 10.1. The van der Waals surface area contributed by atoms with Crippen LogP contribution in [-0.4, -0.2) is 34.3 Å². The van der Waals surface area contributed by atoms with E-state index in [4.69, 9.17) is 0 Å². The van der Waals surface area contributed by atoms with E-state index in [-0.39, 0.29) is 6.10 Å². The van der Waals surface area contributed by atoms with E-state index >= 15 is 0 Å². The second kappa shape index (κ2) is 6.27. The van der Waals surface area contributed by atoms with Gasteiger partial charge in [0.1, 0.15) is 0 Å². The molecule has 0 radical (unpaired) electrons. The van der Waals surface area contributed by atoms with Crippen LogP contribution in [-0.2, 0) is 0 Å². The molecule has 0 saturated heterocycles. The van der Waals surface area contributed by atoms with E-state index in [1.165, 1.54) is 12.8 Å². The predicted octanol–water partition coefficient (Wildman–Crippen LogP) is 2.66. The summed E-state index contributed by atoms with van der Waals surface area (Å²) < 4.78 is 0.350. The van der Waals surface area contributed by atoms with Gasteiger partial charge < -0.3 is 10.4 Å². The van der Waals surface area contributed by atoms with Crippen molar-refractivity contribution in [3.63, 3.8) is 0 Å². The first-order chi connectivity index (χ1) is 7.38. The third kappa shape index (κ3) is 5.55. The molecule has 1 aliphatic rings. The number of rotatable bonds is 5. The summed E-state index contributed by atoms with van der Waals surface area (Å²) in [6.07, 6.45) is 3.32. The van der Waals surface area contributed by atoms with Crippen LogP contribution >= 0.6 is 11.8 Å². The van der Waals surface area contributed by atoms with E-state index in [9.17, 15) is 5.11 Å². The highest BCUT2D eigenvalue weighted by atomic mass is 32.2. The average molecular weight is 245 g/mol. The van der Waals surface area contributed by atoms with Crippen molar-refractivity contribution in [1.82, 2.24) is 5.32 Å². The summed E-state index contributed by atoms with van der Waals surface area (Å²) in [6, 6.07) is 0.539. The smallest absolute Gasteiger partial charge is 0.0580 e. The van der Waals surface area contributed by atoms with Crippen LogP contribution in [0, 0.1) is 5.92 Å². The van der Waals surface area contributed by atoms with Crippen LogP contribution in [0.4, 0.5) is 0 Å². The number of thioether (sulfide) groups is 1. The van der Waals surface area contributed by atoms with Crippen molar-refractivity contribution in [3.8, 4) is 0 Å². The minimum absolute atomic E-state index is 0.0602. The molecule has 0 spiro atoms. The molecule has 1 aliphatic carbocycles. The summed E-state index contributed by atoms with van der Waals surface area (Å²) in [7, 11) is 0. The molecule has 0 bridgehead atoms. The molecule has 0 aromatic carbocycles. The van der Waals surface area contributed by atoms with Gasteiger partial charge >= 0.3 is 0 Å². The quantitative estimate of drug-likeness (QED) is 0.781. The molecule has 3 unspecified atom stereocenters. The lowest BCUT2D eigenvalue weighted by Crippen LogP contribution is -2.36. The maximum atomic E-state index is 9.72. The fourth-order valence-electron chi connectivity index (χ4n) is 2.04. The van der Waals surface area contributed by atoms with Gasteiger partial charge in [0.25, 0.3) is 0 Å². The molecule has 2 N–H and O–H groups in total. The Hall–Kier alpha value is 0.270. The maximum Gasteiger partial charge on any atom is 0.0580 e. The zero-order valence-electron chi connectivity index (χ0n) is 11.1. The molecule has 1 fully saturated rings. The highest BCUT2D eigenvalue weighted by Gasteiger charge is 2.25. The first kappa shape index (κ1) is 14.3. The van der Waals surface area contributed by atoms with E-state index in [0.717, 1.165) is 18.7 Å². The highest BCUT2D eigenvalue weighted by molar-refractivity contribution is 8.00. The second-order valence-corrected chi connectivity index (χ2v) is 7.84. The average Bonchev–Trinajstić information content (AvgIpc) is 2.57. The van der Waals surface area contributed by atoms with Crippen molar-refractivity contribution >= 4 is 11.8 Å². The fraction of sp³-hybridized carbons (Fsp3) is 1.00. The molecule has 1 rings (SSSR count). The van der Waals surface area contributed by atoms with Crippen molar-refractivity contribution in [1.29, 1.82) is 0 Å². The lowest BCUT2D eigenvalue weighted by molar-refractivity contribution is 0.130. The Morgan fingerprint density at radius 3 is 2.56 bits per heavy atom. The summed E-state index contributed by atoms with van der Waals surface area (Å²) in [5.74, 6) is 1.63. The van der Waals surface area contributed by atoms with E-state index in [1.54, 1.807) is 0 Å². The van der Waals surface area contributed by atoms with Gasteiger partial charge in [-0.2, -0.15) is 11.8 Å². The van der Waals surface area contributed by atoms with E-state index in [0.29, 0.717) is 16.7 Å². The molecular formula is C13H27NOS. The van der Waals surface area contributed by atoms with Crippen molar-refractivity contribution < 1.29 is 5.11 Å². The van der Waals surface area contributed by atoms with Crippen LogP contribution in [0.15, 0.2) is 0 Å². The molecule has 1 saturated carbocycles. The Bertz CT molecular complexity index is 203. The fourth-order valence-corrected chi connectivity index (χ4v) is 2.91. The minimum Gasteiger partial charge on any atom is -0.393 e. The number of hydrogen-bond donors (Lipinski definition) is 2. The largest absolute Gasteiger partial charge is 0.393 e. The highest BCUT2D eigenvalue weighted by Crippen LogP contribution is 2.26. The van der Waals surface area contributed by atoms with Crippen molar-refractivity contribution in [3.05, 3.63) is 0 Å². The van der Waals surface area contributed by atoms with Crippen LogP contribution in [0.3, 0.4) is 0 Å². The first-order valence-corrected chi connectivity index (χ1v) is 7.42. The molecule has 0 aliphatic heterocycles. The topological polar surface area (TPSA) is 32.3 Å². The van der Waals surface area contributed by atoms with Gasteiger partial charge in [0, 0.05) is 23.1 Å². The van der Waals surface area contributed by atoms with Crippen molar-refractivity contribution in [2.24, 2.45) is 5.92 Å². The van der Waals surface area contributed by atoms with Gasteiger partial charge in [-0.15, -0.1) is 0 Å². The van der Waals surface area contributed by atoms with Gasteiger partial charge in [-0.05, 0) is 25.7 Å². The SMILES string of the molecule is CC(CSC(C)(C)C)NCC1CCCC1O. The van der Waals surface area contributed by atoms with Gasteiger partial charge in [-0.1, -0.05) is 27.2 Å². The minimum atomic E-state index is -0.0602. The van der Waals surface area contributed by atoms with Crippen LogP contribution in [0.25, 0.3) is 0 Å². The standard InChI is InChI=1S/C13H27NOS/c1-10(9-16-13(2,3)4)14-8-11-6-5-7-12(11)15/h10-12,14-15H,5-9H2,1-4H3. The summed E-state index contributed by atoms with van der Waals surface area (Å²) in [5, 5.41) is 13.3. The summed E-state index contributed by atoms with van der Waals surface area (Å²) >= 11 is 2.00. The Morgan fingerprint density at radius 1 is 1.38 bits per heavy atom. The molecule has 0 heterocycles. The van der Waals surface area contributed by atoms with Crippen LogP contribution in [0.2, 0.25) is 0 Å². The Balaban J connectivity index is 2.12. The first-order valence-electron chi connectivity index (χ1n) is 6.44. The van der Waals surface area contributed by atoms with Gasteiger partial charge in [0.05, 0.1) is 6.10 Å². The zero-order valence-corrected chi connectivity index (χ0v) is 11.9. The zero-order chi connectivity index (χ0) is 12.2. The van der Waals surface area contributed by atoms with Crippen LogP contribution in [0.5, 0.6) is 0 Å². The Morgan fingerprint density at radius 2 is 2.06 bits per heavy atom. The second-order valence-electron chi connectivity index (χ2n) is 5.99. The predicted molar refractivity (Wildman–Crippen MR) is 73.0 cm³/mol. The van der Waals surface area contributed by atoms with E-state index in [1.807, 2.05) is 11.8 Å². The molecule has 16 heavy (non-hydrogen) atoms. The normalized spacial score (nSPS) is 28.3. The molecule has 3 atom stereocenters. The lowest BCUT2D eigenvalue weighted by Gasteiger charge is -2.23. The molecule has 2 nitrogen and oxygen atoms in total. The third-order valence-corrected chi connectivity index (χ3v) is 4.65. The van der Waals surface area contributed by atoms with Crippen LogP contribution in [0.1, 0.15) is 47.0 Å². The Kier molecular flexibility index (Phi) is 5.62. The van der Waals surface area contributed by atoms with Gasteiger partial charge in [0.2, 0.25) is 0 Å². The summed E-state index contributed by atoms with van der Waals surface area (Å²) in [5.41, 5.74) is 0. The van der Waals surface area contributed by atoms with Gasteiger partial charge in [-0.25, -0.2) is 0 Å². The van der Waals surface area contributed by atoms with Gasteiger partial charge in [0.15, 0.2) is 0 Å². The third-order valence-electron chi connectivity index (χ3n) is 3.11. The molecule has 0 aromatic heterocycles. The molecule has 0 aromatic rings. The molecule has 0 amide bonds. The maximum absolute atomic E-state index is 9.72. The number of aliphatic hydroxyl groups excluding tert-OH is 1. The van der Waals surface area contributed by atoms with E-state index < -0.39 is 0 Å². The number of hydrogen-bond acceptors (Lipinski definition) is 3. The molecule has 96 valence electrons. The van der Waals surface area contributed by atoms with Crippen molar-refractivity contribution in [2.75, 3.05) is 12.3 Å². The summed E-state index contributed by atoms with van der Waals surface area (Å²) in [6.45, 7) is 9.98. The van der Waals surface area contributed by atoms with Crippen LogP contribution < -0.4 is 5.32 Å². The molecular weight excluding hydrogens is 218 g/mol. The Labute approximate surface area is 105 Å². The number of nitrogens with one attached hydrogen (secondary N) is 1. The summed E-state index contributed by atoms with van der Waals surface area (Å²) in [4.78, 5) is 0. The molecule has 3 heteroatoms. The van der Waals surface area contributed by atoms with Crippen molar-refractivity contribution in [2.45, 2.75) is 63.9 Å². The van der Waals surface area contributed by atoms with E-state index in [2.05, 4.69) is 33.0 Å². The number of aliphatic hydroxyl groups is 1. The van der Waals surface area contributed by atoms with Gasteiger partial charge in [-0.3, -0.25) is 0 Å². The monoisotopic (exact) mass is 245 g/mol.